The van der Waals surface area contributed by atoms with E-state index < -0.39 is 0 Å². The molecule has 1 aromatic rings. The molecule has 0 aromatic heterocycles. The lowest BCUT2D eigenvalue weighted by Gasteiger charge is -2.10. The highest BCUT2D eigenvalue weighted by Gasteiger charge is 2.04. The highest BCUT2D eigenvalue weighted by Crippen LogP contribution is 2.25. The smallest absolute Gasteiger partial charge is 0.126 e. The third kappa shape index (κ3) is 4.19. The van der Waals surface area contributed by atoms with Gasteiger partial charge in [-0.25, -0.2) is 0 Å². The maximum absolute atomic E-state index is 8.99. The number of aliphatic hydroxyl groups is 1. The van der Waals surface area contributed by atoms with Crippen LogP contribution in [0.5, 0.6) is 5.75 Å². The second-order valence-corrected chi connectivity index (χ2v) is 5.08. The Morgan fingerprint density at radius 2 is 2.00 bits per heavy atom. The lowest BCUT2D eigenvalue weighted by molar-refractivity contribution is 0.239. The maximum atomic E-state index is 8.99. The quantitative estimate of drug-likeness (QED) is 0.828. The molecule has 100 valence electrons. The topological polar surface area (TPSA) is 29.5 Å². The molecule has 1 rings (SSSR count). The van der Waals surface area contributed by atoms with Crippen LogP contribution in [-0.4, -0.2) is 18.8 Å². The van der Waals surface area contributed by atoms with Crippen LogP contribution in [-0.2, 0) is 0 Å². The first-order chi connectivity index (χ1) is 8.58. The zero-order valence-corrected chi connectivity index (χ0v) is 11.8. The van der Waals surface area contributed by atoms with Gasteiger partial charge in [0.1, 0.15) is 5.75 Å². The van der Waals surface area contributed by atoms with Gasteiger partial charge in [-0.3, -0.25) is 0 Å². The summed E-state index contributed by atoms with van der Waals surface area (Å²) in [5.41, 5.74) is 2.42. The van der Waals surface area contributed by atoms with Crippen LogP contribution in [0.1, 0.15) is 44.2 Å². The third-order valence-corrected chi connectivity index (χ3v) is 3.07. The second kappa shape index (κ2) is 7.22. The SMILES string of the molecule is COc1ccc(C(C)C)cc1C=CC[C@@H](C)CO. The molecule has 0 radical (unpaired) electrons. The summed E-state index contributed by atoms with van der Waals surface area (Å²) in [6, 6.07) is 6.30. The van der Waals surface area contributed by atoms with Crippen LogP contribution in [0.25, 0.3) is 6.08 Å². The van der Waals surface area contributed by atoms with E-state index in [-0.39, 0.29) is 6.61 Å². The van der Waals surface area contributed by atoms with Crippen molar-refractivity contribution in [3.05, 3.63) is 35.4 Å². The summed E-state index contributed by atoms with van der Waals surface area (Å²) < 4.78 is 5.36. The van der Waals surface area contributed by atoms with Gasteiger partial charge in [0.05, 0.1) is 7.11 Å². The minimum atomic E-state index is 0.230. The predicted molar refractivity (Wildman–Crippen MR) is 77.0 cm³/mol. The highest BCUT2D eigenvalue weighted by molar-refractivity contribution is 5.58. The van der Waals surface area contributed by atoms with Crippen molar-refractivity contribution >= 4 is 6.08 Å². The normalized spacial score (nSPS) is 13.2. The number of allylic oxidation sites excluding steroid dienone is 1. The summed E-state index contributed by atoms with van der Waals surface area (Å²) in [5.74, 6) is 1.72. The van der Waals surface area contributed by atoms with E-state index in [9.17, 15) is 0 Å². The van der Waals surface area contributed by atoms with E-state index in [1.807, 2.05) is 13.0 Å². The van der Waals surface area contributed by atoms with Crippen LogP contribution in [0.3, 0.4) is 0 Å². The molecule has 0 saturated carbocycles. The lowest BCUT2D eigenvalue weighted by atomic mass is 9.99. The Labute approximate surface area is 110 Å². The fourth-order valence-electron chi connectivity index (χ4n) is 1.74. The van der Waals surface area contributed by atoms with Gasteiger partial charge < -0.3 is 9.84 Å². The van der Waals surface area contributed by atoms with Crippen molar-refractivity contribution in [3.8, 4) is 5.75 Å². The second-order valence-electron chi connectivity index (χ2n) is 5.08. The fraction of sp³-hybridized carbons (Fsp3) is 0.500. The Kier molecular flexibility index (Phi) is 5.93. The van der Waals surface area contributed by atoms with Crippen LogP contribution < -0.4 is 4.74 Å². The molecule has 1 atom stereocenters. The van der Waals surface area contributed by atoms with Gasteiger partial charge in [0.25, 0.3) is 0 Å². The van der Waals surface area contributed by atoms with Crippen molar-refractivity contribution in [3.63, 3.8) is 0 Å². The minimum Gasteiger partial charge on any atom is -0.496 e. The molecule has 0 aliphatic heterocycles. The van der Waals surface area contributed by atoms with E-state index in [1.165, 1.54) is 5.56 Å². The monoisotopic (exact) mass is 248 g/mol. The van der Waals surface area contributed by atoms with Crippen molar-refractivity contribution in [2.45, 2.75) is 33.1 Å². The molecule has 0 bridgehead atoms. The van der Waals surface area contributed by atoms with Crippen molar-refractivity contribution in [1.29, 1.82) is 0 Å². The summed E-state index contributed by atoms with van der Waals surface area (Å²) in [7, 11) is 1.69. The predicted octanol–water partition coefficient (Wildman–Crippen LogP) is 3.85. The zero-order valence-electron chi connectivity index (χ0n) is 11.8. The van der Waals surface area contributed by atoms with Crippen LogP contribution in [0, 0.1) is 5.92 Å². The van der Waals surface area contributed by atoms with Crippen LogP contribution >= 0.6 is 0 Å². The summed E-state index contributed by atoms with van der Waals surface area (Å²) in [4.78, 5) is 0. The molecule has 0 heterocycles. The molecule has 0 unspecified atom stereocenters. The molecule has 0 saturated heterocycles. The summed E-state index contributed by atoms with van der Waals surface area (Å²) in [6.45, 7) is 6.63. The molecular formula is C16H24O2. The molecule has 18 heavy (non-hydrogen) atoms. The minimum absolute atomic E-state index is 0.230. The van der Waals surface area contributed by atoms with E-state index in [1.54, 1.807) is 7.11 Å². The van der Waals surface area contributed by atoms with E-state index in [2.05, 4.69) is 38.1 Å². The van der Waals surface area contributed by atoms with Gasteiger partial charge in [-0.1, -0.05) is 39.0 Å². The van der Waals surface area contributed by atoms with Crippen LogP contribution in [0.2, 0.25) is 0 Å². The first-order valence-electron chi connectivity index (χ1n) is 6.53. The van der Waals surface area contributed by atoms with E-state index in [0.29, 0.717) is 11.8 Å². The fourth-order valence-corrected chi connectivity index (χ4v) is 1.74. The van der Waals surface area contributed by atoms with Crippen LogP contribution in [0.15, 0.2) is 24.3 Å². The molecule has 0 fully saturated rings. The average Bonchev–Trinajstić information content (AvgIpc) is 2.38. The summed E-state index contributed by atoms with van der Waals surface area (Å²) in [5, 5.41) is 8.99. The molecule has 0 spiro atoms. The van der Waals surface area contributed by atoms with Crippen molar-refractivity contribution in [2.24, 2.45) is 5.92 Å². The van der Waals surface area contributed by atoms with E-state index in [4.69, 9.17) is 9.84 Å². The number of ether oxygens (including phenoxy) is 1. The van der Waals surface area contributed by atoms with Gasteiger partial charge in [-0.2, -0.15) is 0 Å². The first kappa shape index (κ1) is 14.8. The standard InChI is InChI=1S/C16H24O2/c1-12(2)14-8-9-16(18-4)15(10-14)7-5-6-13(3)11-17/h5,7-10,12-13,17H,6,11H2,1-4H3/t13-/m1/s1. The van der Waals surface area contributed by atoms with Gasteiger partial charge in [0.15, 0.2) is 0 Å². The largest absolute Gasteiger partial charge is 0.496 e. The Bertz CT molecular complexity index is 394. The molecule has 1 N–H and O–H groups in total. The molecule has 2 heteroatoms. The number of aliphatic hydroxyl groups excluding tert-OH is 1. The molecule has 1 aromatic carbocycles. The van der Waals surface area contributed by atoms with Gasteiger partial charge in [0.2, 0.25) is 0 Å². The van der Waals surface area contributed by atoms with E-state index in [0.717, 1.165) is 17.7 Å². The molecule has 2 nitrogen and oxygen atoms in total. The number of benzene rings is 1. The Balaban J connectivity index is 2.87. The number of hydrogen-bond donors (Lipinski definition) is 1. The van der Waals surface area contributed by atoms with E-state index >= 15 is 0 Å². The number of rotatable bonds is 6. The first-order valence-corrected chi connectivity index (χ1v) is 6.53. The highest BCUT2D eigenvalue weighted by atomic mass is 16.5. The Morgan fingerprint density at radius 3 is 2.56 bits per heavy atom. The average molecular weight is 248 g/mol. The molecular weight excluding hydrogens is 224 g/mol. The zero-order chi connectivity index (χ0) is 13.5. The summed E-state index contributed by atoms with van der Waals surface area (Å²) >= 11 is 0. The van der Waals surface area contributed by atoms with Gasteiger partial charge in [0, 0.05) is 12.2 Å². The number of methoxy groups -OCH3 is 1. The lowest BCUT2D eigenvalue weighted by Crippen LogP contribution is -1.97. The van der Waals surface area contributed by atoms with Gasteiger partial charge >= 0.3 is 0 Å². The van der Waals surface area contributed by atoms with Crippen LogP contribution in [0.4, 0.5) is 0 Å². The maximum Gasteiger partial charge on any atom is 0.126 e. The Hall–Kier alpha value is -1.28. The molecule has 0 amide bonds. The van der Waals surface area contributed by atoms with Gasteiger partial charge in [-0.15, -0.1) is 0 Å². The molecule has 0 aliphatic carbocycles. The summed E-state index contributed by atoms with van der Waals surface area (Å²) in [6.07, 6.45) is 5.06. The van der Waals surface area contributed by atoms with Crippen molar-refractivity contribution in [1.82, 2.24) is 0 Å². The Morgan fingerprint density at radius 1 is 1.28 bits per heavy atom. The van der Waals surface area contributed by atoms with Crippen molar-refractivity contribution < 1.29 is 9.84 Å². The van der Waals surface area contributed by atoms with Gasteiger partial charge in [-0.05, 0) is 36.0 Å². The third-order valence-electron chi connectivity index (χ3n) is 3.07. The van der Waals surface area contributed by atoms with Crippen molar-refractivity contribution in [2.75, 3.05) is 13.7 Å². The molecule has 0 aliphatic rings. The number of hydrogen-bond acceptors (Lipinski definition) is 2.